The second kappa shape index (κ2) is 2.53. The van der Waals surface area contributed by atoms with Gasteiger partial charge in [0.2, 0.25) is 0 Å². The molecular weight excluding hydrogens is 140 g/mol. The quantitative estimate of drug-likeness (QED) is 0.490. The van der Waals surface area contributed by atoms with Crippen molar-refractivity contribution in [2.75, 3.05) is 6.61 Å². The van der Waals surface area contributed by atoms with E-state index in [-0.39, 0.29) is 5.97 Å². The van der Waals surface area contributed by atoms with Gasteiger partial charge in [0, 0.05) is 0 Å². The van der Waals surface area contributed by atoms with E-state index in [0.29, 0.717) is 6.61 Å². The van der Waals surface area contributed by atoms with Gasteiger partial charge in [-0.1, -0.05) is 12.2 Å². The van der Waals surface area contributed by atoms with Crippen molar-refractivity contribution in [1.82, 2.24) is 0 Å². The lowest BCUT2D eigenvalue weighted by Crippen LogP contribution is -1.96. The average molecular weight is 150 g/mol. The Labute approximate surface area is 65.5 Å². The zero-order chi connectivity index (χ0) is 7.68. The minimum absolute atomic E-state index is 0.141. The molecule has 0 saturated heterocycles. The Bertz CT molecular complexity index is 248. The minimum Gasteiger partial charge on any atom is -0.458 e. The van der Waals surface area contributed by atoms with Gasteiger partial charge >= 0.3 is 5.97 Å². The maximum absolute atomic E-state index is 11.0. The summed E-state index contributed by atoms with van der Waals surface area (Å²) in [6.45, 7) is 0.526. The second-order valence-corrected chi connectivity index (χ2v) is 2.89. The number of hydrogen-bond donors (Lipinski definition) is 0. The molecule has 0 aromatic rings. The van der Waals surface area contributed by atoms with Crippen molar-refractivity contribution in [1.29, 1.82) is 0 Å². The molecule has 11 heavy (non-hydrogen) atoms. The third-order valence-corrected chi connectivity index (χ3v) is 2.11. The van der Waals surface area contributed by atoms with Gasteiger partial charge in [-0.3, -0.25) is 0 Å². The van der Waals surface area contributed by atoms with E-state index in [2.05, 4.69) is 6.08 Å². The van der Waals surface area contributed by atoms with Gasteiger partial charge in [0.25, 0.3) is 0 Å². The van der Waals surface area contributed by atoms with Crippen LogP contribution in [-0.4, -0.2) is 12.6 Å². The highest BCUT2D eigenvalue weighted by Crippen LogP contribution is 2.24. The minimum atomic E-state index is -0.141. The monoisotopic (exact) mass is 150 g/mol. The molecule has 0 aromatic carbocycles. The molecule has 1 heterocycles. The predicted octanol–water partition coefficient (Wildman–Crippen LogP) is 1.58. The summed E-state index contributed by atoms with van der Waals surface area (Å²) < 4.78 is 4.89. The van der Waals surface area contributed by atoms with Crippen LogP contribution in [0.4, 0.5) is 0 Å². The van der Waals surface area contributed by atoms with Crippen molar-refractivity contribution in [3.63, 3.8) is 0 Å². The van der Waals surface area contributed by atoms with Gasteiger partial charge in [0.05, 0.1) is 5.57 Å². The normalized spacial score (nSPS) is 23.1. The van der Waals surface area contributed by atoms with Crippen LogP contribution in [0.1, 0.15) is 19.3 Å². The van der Waals surface area contributed by atoms with Crippen molar-refractivity contribution >= 4 is 5.97 Å². The number of cyclic esters (lactones) is 1. The highest BCUT2D eigenvalue weighted by atomic mass is 16.5. The lowest BCUT2D eigenvalue weighted by atomic mass is 10.1. The number of allylic oxidation sites excluding steroid dienone is 1. The first-order valence-electron chi connectivity index (χ1n) is 3.93. The molecule has 0 saturated carbocycles. The van der Waals surface area contributed by atoms with Crippen molar-refractivity contribution < 1.29 is 9.53 Å². The average Bonchev–Trinajstić information content (AvgIpc) is 2.25. The van der Waals surface area contributed by atoms with E-state index in [4.69, 9.17) is 4.74 Å². The standard InChI is InChI=1S/C9H10O2/c10-9-8-5-3-1-2-4-7(8)6-11-9/h3,5H,1-2,4,6H2. The van der Waals surface area contributed by atoms with Gasteiger partial charge in [-0.25, -0.2) is 4.79 Å². The molecule has 0 aromatic heterocycles. The molecule has 1 aliphatic carbocycles. The first-order valence-corrected chi connectivity index (χ1v) is 3.93. The third-order valence-electron chi connectivity index (χ3n) is 2.11. The van der Waals surface area contributed by atoms with Crippen LogP contribution in [-0.2, 0) is 9.53 Å². The van der Waals surface area contributed by atoms with Gasteiger partial charge in [0.15, 0.2) is 0 Å². The Morgan fingerprint density at radius 1 is 1.45 bits per heavy atom. The third kappa shape index (κ3) is 1.09. The Morgan fingerprint density at radius 2 is 2.36 bits per heavy atom. The largest absolute Gasteiger partial charge is 0.458 e. The SMILES string of the molecule is O=C1OCC2=C1C=CCCC2. The number of rotatable bonds is 0. The van der Waals surface area contributed by atoms with Gasteiger partial charge in [0.1, 0.15) is 6.61 Å². The summed E-state index contributed by atoms with van der Waals surface area (Å²) in [5.74, 6) is -0.141. The zero-order valence-electron chi connectivity index (χ0n) is 6.30. The van der Waals surface area contributed by atoms with Crippen molar-refractivity contribution in [3.8, 4) is 0 Å². The first-order chi connectivity index (χ1) is 5.38. The summed E-state index contributed by atoms with van der Waals surface area (Å²) in [7, 11) is 0. The maximum Gasteiger partial charge on any atom is 0.338 e. The molecular formula is C9H10O2. The van der Waals surface area contributed by atoms with Gasteiger partial charge in [-0.2, -0.15) is 0 Å². The fraction of sp³-hybridized carbons (Fsp3) is 0.444. The molecule has 2 heteroatoms. The van der Waals surface area contributed by atoms with E-state index in [9.17, 15) is 4.79 Å². The number of carbonyl (C=O) groups is 1. The topological polar surface area (TPSA) is 26.3 Å². The number of hydrogen-bond acceptors (Lipinski definition) is 2. The second-order valence-electron chi connectivity index (χ2n) is 2.89. The van der Waals surface area contributed by atoms with Crippen molar-refractivity contribution in [2.45, 2.75) is 19.3 Å². The van der Waals surface area contributed by atoms with Gasteiger partial charge in [-0.05, 0) is 24.8 Å². The summed E-state index contributed by atoms with van der Waals surface area (Å²) in [6, 6.07) is 0. The Balaban J connectivity index is 2.33. The number of carbonyl (C=O) groups excluding carboxylic acids is 1. The number of esters is 1. The molecule has 0 unspecified atom stereocenters. The van der Waals surface area contributed by atoms with E-state index < -0.39 is 0 Å². The van der Waals surface area contributed by atoms with E-state index in [0.717, 1.165) is 24.8 Å². The fourth-order valence-corrected chi connectivity index (χ4v) is 1.48. The molecule has 0 N–H and O–H groups in total. The molecule has 0 radical (unpaired) electrons. The summed E-state index contributed by atoms with van der Waals surface area (Å²) in [4.78, 5) is 11.0. The molecule has 0 bridgehead atoms. The predicted molar refractivity (Wildman–Crippen MR) is 41.0 cm³/mol. The van der Waals surface area contributed by atoms with Crippen LogP contribution in [0.15, 0.2) is 23.3 Å². The zero-order valence-corrected chi connectivity index (χ0v) is 6.30. The summed E-state index contributed by atoms with van der Waals surface area (Å²) in [6.07, 6.45) is 7.20. The molecule has 0 spiro atoms. The van der Waals surface area contributed by atoms with E-state index in [1.807, 2.05) is 6.08 Å². The van der Waals surface area contributed by atoms with Crippen molar-refractivity contribution in [3.05, 3.63) is 23.3 Å². The summed E-state index contributed by atoms with van der Waals surface area (Å²) in [5.41, 5.74) is 1.99. The summed E-state index contributed by atoms with van der Waals surface area (Å²) in [5, 5.41) is 0. The molecule has 1 aliphatic heterocycles. The highest BCUT2D eigenvalue weighted by Gasteiger charge is 2.22. The van der Waals surface area contributed by atoms with Crippen LogP contribution in [0, 0.1) is 0 Å². The maximum atomic E-state index is 11.0. The first kappa shape index (κ1) is 6.65. The fourth-order valence-electron chi connectivity index (χ4n) is 1.48. The Morgan fingerprint density at radius 3 is 3.27 bits per heavy atom. The van der Waals surface area contributed by atoms with E-state index in [1.54, 1.807) is 0 Å². The molecule has 2 rings (SSSR count). The van der Waals surface area contributed by atoms with Crippen LogP contribution >= 0.6 is 0 Å². The number of ether oxygens (including phenoxy) is 1. The molecule has 2 aliphatic rings. The molecule has 0 atom stereocenters. The Hall–Kier alpha value is -1.05. The van der Waals surface area contributed by atoms with Crippen LogP contribution < -0.4 is 0 Å². The van der Waals surface area contributed by atoms with Crippen LogP contribution in [0.3, 0.4) is 0 Å². The van der Waals surface area contributed by atoms with Crippen LogP contribution in [0.25, 0.3) is 0 Å². The van der Waals surface area contributed by atoms with E-state index >= 15 is 0 Å². The summed E-state index contributed by atoms with van der Waals surface area (Å²) >= 11 is 0. The Kier molecular flexibility index (Phi) is 1.53. The molecule has 0 fully saturated rings. The van der Waals surface area contributed by atoms with Gasteiger partial charge < -0.3 is 4.74 Å². The smallest absolute Gasteiger partial charge is 0.338 e. The van der Waals surface area contributed by atoms with Crippen molar-refractivity contribution in [2.24, 2.45) is 0 Å². The van der Waals surface area contributed by atoms with Crippen LogP contribution in [0.2, 0.25) is 0 Å². The molecule has 58 valence electrons. The highest BCUT2D eigenvalue weighted by molar-refractivity contribution is 5.94. The lowest BCUT2D eigenvalue weighted by Gasteiger charge is -1.95. The van der Waals surface area contributed by atoms with E-state index in [1.165, 1.54) is 5.57 Å². The molecule has 2 nitrogen and oxygen atoms in total. The van der Waals surface area contributed by atoms with Crippen LogP contribution in [0.5, 0.6) is 0 Å². The van der Waals surface area contributed by atoms with Gasteiger partial charge in [-0.15, -0.1) is 0 Å². The molecule has 0 amide bonds. The lowest BCUT2D eigenvalue weighted by molar-refractivity contribution is -0.135.